The van der Waals surface area contributed by atoms with Crippen LogP contribution in [0, 0.1) is 5.92 Å². The number of hydrogen-bond donors (Lipinski definition) is 1. The number of thioether (sulfide) groups is 1. The summed E-state index contributed by atoms with van der Waals surface area (Å²) in [6, 6.07) is 12.6. The van der Waals surface area contributed by atoms with Crippen LogP contribution in [0.2, 0.25) is 5.02 Å². The SMILES string of the molecule is CC(C)CSc1nnc(NC(=O)C2CN(S(=O)(=O)c3ccc(Cl)cc3)c3ccccc3O2)s1. The molecule has 1 aliphatic rings. The molecule has 1 N–H and O–H groups in total. The maximum Gasteiger partial charge on any atom is 0.269 e. The van der Waals surface area contributed by atoms with Crippen molar-refractivity contribution in [3.05, 3.63) is 53.6 Å². The minimum absolute atomic E-state index is 0.0682. The van der Waals surface area contributed by atoms with Crippen molar-refractivity contribution in [2.75, 3.05) is 21.9 Å². The predicted molar refractivity (Wildman–Crippen MR) is 131 cm³/mol. The first-order valence-corrected chi connectivity index (χ1v) is 13.7. The number of nitrogens with zero attached hydrogens (tertiary/aromatic N) is 3. The summed E-state index contributed by atoms with van der Waals surface area (Å²) in [5.41, 5.74) is 0.361. The zero-order valence-corrected chi connectivity index (χ0v) is 21.0. The Hall–Kier alpha value is -2.34. The Kier molecular flexibility index (Phi) is 7.13. The average molecular weight is 525 g/mol. The number of nitrogens with one attached hydrogen (secondary N) is 1. The van der Waals surface area contributed by atoms with Gasteiger partial charge in [0.2, 0.25) is 5.13 Å². The van der Waals surface area contributed by atoms with E-state index in [0.717, 1.165) is 10.1 Å². The summed E-state index contributed by atoms with van der Waals surface area (Å²) in [6.45, 7) is 4.03. The topological polar surface area (TPSA) is 101 Å². The van der Waals surface area contributed by atoms with Crippen LogP contribution < -0.4 is 14.4 Å². The van der Waals surface area contributed by atoms with Gasteiger partial charge in [-0.15, -0.1) is 10.2 Å². The van der Waals surface area contributed by atoms with Crippen LogP contribution in [0.3, 0.4) is 0 Å². The largest absolute Gasteiger partial charge is 0.476 e. The second-order valence-electron chi connectivity index (χ2n) is 7.63. The number of aromatic nitrogens is 2. The van der Waals surface area contributed by atoms with E-state index in [-0.39, 0.29) is 11.4 Å². The standard InChI is InChI=1S/C21H21ClN4O4S3/c1-13(2)12-31-21-25-24-20(32-21)23-19(27)18-11-26(16-5-3-4-6-17(16)30-18)33(28,29)15-9-7-14(22)8-10-15/h3-10,13,18H,11-12H2,1-2H3,(H,23,24,27). The first-order chi connectivity index (χ1) is 15.7. The molecule has 0 aliphatic carbocycles. The molecule has 1 unspecified atom stereocenters. The summed E-state index contributed by atoms with van der Waals surface area (Å²) in [5.74, 6) is 1.19. The van der Waals surface area contributed by atoms with E-state index in [1.165, 1.54) is 39.9 Å². The minimum Gasteiger partial charge on any atom is -0.476 e. The van der Waals surface area contributed by atoms with Gasteiger partial charge in [0, 0.05) is 10.8 Å². The number of fused-ring (bicyclic) bond motifs is 1. The Balaban J connectivity index is 1.56. The number of para-hydroxylation sites is 2. The number of halogens is 1. The first-order valence-electron chi connectivity index (χ1n) is 10.0. The summed E-state index contributed by atoms with van der Waals surface area (Å²) in [7, 11) is -3.96. The number of ether oxygens (including phenoxy) is 1. The van der Waals surface area contributed by atoms with Gasteiger partial charge in [-0.3, -0.25) is 14.4 Å². The second kappa shape index (κ2) is 9.88. The van der Waals surface area contributed by atoms with Crippen molar-refractivity contribution in [1.82, 2.24) is 10.2 Å². The third-order valence-electron chi connectivity index (χ3n) is 4.61. The van der Waals surface area contributed by atoms with E-state index in [1.54, 1.807) is 36.0 Å². The molecule has 1 aliphatic heterocycles. The van der Waals surface area contributed by atoms with E-state index in [4.69, 9.17) is 16.3 Å². The quantitative estimate of drug-likeness (QED) is 0.357. The highest BCUT2D eigenvalue weighted by molar-refractivity contribution is 8.01. The van der Waals surface area contributed by atoms with Gasteiger partial charge in [-0.05, 0) is 42.3 Å². The van der Waals surface area contributed by atoms with Crippen LogP contribution in [0.15, 0.2) is 57.8 Å². The Bertz CT molecular complexity index is 1250. The van der Waals surface area contributed by atoms with Crippen LogP contribution in [-0.2, 0) is 14.8 Å². The van der Waals surface area contributed by atoms with Crippen molar-refractivity contribution in [2.24, 2.45) is 5.92 Å². The Morgan fingerprint density at radius 3 is 2.70 bits per heavy atom. The fourth-order valence-electron chi connectivity index (χ4n) is 3.04. The van der Waals surface area contributed by atoms with E-state index < -0.39 is 22.0 Å². The first kappa shape index (κ1) is 23.8. The van der Waals surface area contributed by atoms with Gasteiger partial charge in [0.1, 0.15) is 5.75 Å². The zero-order chi connectivity index (χ0) is 23.6. The molecule has 1 aromatic heterocycles. The zero-order valence-electron chi connectivity index (χ0n) is 17.8. The molecule has 1 atom stereocenters. The van der Waals surface area contributed by atoms with Gasteiger partial charge < -0.3 is 4.74 Å². The molecule has 0 bridgehead atoms. The molecule has 0 saturated heterocycles. The van der Waals surface area contributed by atoms with Gasteiger partial charge >= 0.3 is 0 Å². The predicted octanol–water partition coefficient (Wildman–Crippen LogP) is 4.53. The molecule has 8 nitrogen and oxygen atoms in total. The molecule has 3 aromatic rings. The number of sulfonamides is 1. The minimum atomic E-state index is -3.96. The average Bonchev–Trinajstić information content (AvgIpc) is 3.24. The lowest BCUT2D eigenvalue weighted by molar-refractivity contribution is -0.122. The van der Waals surface area contributed by atoms with E-state index >= 15 is 0 Å². The van der Waals surface area contributed by atoms with Crippen LogP contribution in [0.1, 0.15) is 13.8 Å². The molecule has 0 radical (unpaired) electrons. The van der Waals surface area contributed by atoms with Crippen molar-refractivity contribution >= 4 is 61.4 Å². The van der Waals surface area contributed by atoms with Gasteiger partial charge in [-0.2, -0.15) is 0 Å². The van der Waals surface area contributed by atoms with Crippen LogP contribution in [0.4, 0.5) is 10.8 Å². The van der Waals surface area contributed by atoms with Crippen LogP contribution in [-0.4, -0.2) is 42.9 Å². The number of anilines is 2. The van der Waals surface area contributed by atoms with Crippen molar-refractivity contribution < 1.29 is 17.9 Å². The molecule has 0 fully saturated rings. The van der Waals surface area contributed by atoms with Gasteiger partial charge in [0.05, 0.1) is 17.1 Å². The summed E-state index contributed by atoms with van der Waals surface area (Å²) >= 11 is 8.75. The monoisotopic (exact) mass is 524 g/mol. The molecular weight excluding hydrogens is 504 g/mol. The highest BCUT2D eigenvalue weighted by Gasteiger charge is 2.37. The summed E-state index contributed by atoms with van der Waals surface area (Å²) in [6.07, 6.45) is -1.07. The van der Waals surface area contributed by atoms with Crippen molar-refractivity contribution in [3.8, 4) is 5.75 Å². The molecule has 4 rings (SSSR count). The number of rotatable bonds is 7. The number of amides is 1. The number of benzene rings is 2. The lowest BCUT2D eigenvalue weighted by atomic mass is 10.2. The van der Waals surface area contributed by atoms with Crippen LogP contribution in [0.5, 0.6) is 5.75 Å². The molecule has 2 heterocycles. The molecule has 12 heteroatoms. The molecular formula is C21H21ClN4O4S3. The summed E-state index contributed by atoms with van der Waals surface area (Å²) in [4.78, 5) is 13.0. The molecule has 2 aromatic carbocycles. The molecule has 0 saturated carbocycles. The molecule has 174 valence electrons. The van der Waals surface area contributed by atoms with Crippen LogP contribution in [0.25, 0.3) is 0 Å². The Morgan fingerprint density at radius 1 is 1.24 bits per heavy atom. The number of carbonyl (C=O) groups is 1. The maximum absolute atomic E-state index is 13.4. The lowest BCUT2D eigenvalue weighted by Gasteiger charge is -2.34. The van der Waals surface area contributed by atoms with Crippen molar-refractivity contribution in [2.45, 2.75) is 29.2 Å². The van der Waals surface area contributed by atoms with Gasteiger partial charge in [-0.1, -0.05) is 60.7 Å². The smallest absolute Gasteiger partial charge is 0.269 e. The fourth-order valence-corrected chi connectivity index (χ4v) is 6.38. The number of carbonyl (C=O) groups excluding carboxylic acids is 1. The van der Waals surface area contributed by atoms with Crippen LogP contribution >= 0.6 is 34.7 Å². The molecule has 0 spiro atoms. The van der Waals surface area contributed by atoms with Gasteiger partial charge in [0.15, 0.2) is 10.4 Å². The summed E-state index contributed by atoms with van der Waals surface area (Å²) < 4.78 is 34.6. The van der Waals surface area contributed by atoms with E-state index in [1.807, 2.05) is 0 Å². The molecule has 1 amide bonds. The summed E-state index contributed by atoms with van der Waals surface area (Å²) in [5, 5.41) is 11.6. The third-order valence-corrected chi connectivity index (χ3v) is 9.05. The maximum atomic E-state index is 13.4. The van der Waals surface area contributed by atoms with E-state index in [2.05, 4.69) is 29.4 Å². The lowest BCUT2D eigenvalue weighted by Crippen LogP contribution is -2.48. The number of hydrogen-bond acceptors (Lipinski definition) is 8. The Labute approximate surface area is 205 Å². The second-order valence-corrected chi connectivity index (χ2v) is 12.2. The molecule has 33 heavy (non-hydrogen) atoms. The van der Waals surface area contributed by atoms with E-state index in [0.29, 0.717) is 27.5 Å². The van der Waals surface area contributed by atoms with E-state index in [9.17, 15) is 13.2 Å². The third kappa shape index (κ3) is 5.43. The van der Waals surface area contributed by atoms with Gasteiger partial charge in [0.25, 0.3) is 15.9 Å². The normalized spacial score (nSPS) is 15.8. The Morgan fingerprint density at radius 2 is 1.97 bits per heavy atom. The van der Waals surface area contributed by atoms with Gasteiger partial charge in [-0.25, -0.2) is 8.42 Å². The highest BCUT2D eigenvalue weighted by atomic mass is 35.5. The van der Waals surface area contributed by atoms with Crippen molar-refractivity contribution in [3.63, 3.8) is 0 Å². The highest BCUT2D eigenvalue weighted by Crippen LogP contribution is 2.37. The van der Waals surface area contributed by atoms with Crippen molar-refractivity contribution in [1.29, 1.82) is 0 Å². The fraction of sp³-hybridized carbons (Fsp3) is 0.286.